The van der Waals surface area contributed by atoms with Crippen LogP contribution in [-0.2, 0) is 11.3 Å². The molecule has 138 valence electrons. The molecule has 0 atom stereocenters. The van der Waals surface area contributed by atoms with Gasteiger partial charge in [-0.25, -0.2) is 9.37 Å². The Morgan fingerprint density at radius 2 is 1.70 bits per heavy atom. The van der Waals surface area contributed by atoms with Crippen LogP contribution in [0.25, 0.3) is 11.3 Å². The average Bonchev–Trinajstić information content (AvgIpc) is 2.74. The molecule has 2 heterocycles. The molecule has 0 aliphatic carbocycles. The fourth-order valence-corrected chi connectivity index (χ4v) is 3.05. The Morgan fingerprint density at radius 1 is 0.963 bits per heavy atom. The highest BCUT2D eigenvalue weighted by molar-refractivity contribution is 5.65. The number of ether oxygens (including phenoxy) is 1. The minimum Gasteiger partial charge on any atom is -0.378 e. The Morgan fingerprint density at radius 3 is 2.48 bits per heavy atom. The average molecular weight is 364 g/mol. The molecular weight excluding hydrogens is 343 g/mol. The Kier molecular flexibility index (Phi) is 5.25. The first-order valence-electron chi connectivity index (χ1n) is 9.04. The van der Waals surface area contributed by atoms with E-state index in [0.717, 1.165) is 24.5 Å². The smallest absolute Gasteiger partial charge is 0.225 e. The summed E-state index contributed by atoms with van der Waals surface area (Å²) >= 11 is 0. The molecule has 0 saturated carbocycles. The maximum Gasteiger partial charge on any atom is 0.225 e. The third-order valence-corrected chi connectivity index (χ3v) is 4.49. The first-order valence-corrected chi connectivity index (χ1v) is 9.04. The second kappa shape index (κ2) is 8.14. The molecule has 1 N–H and O–H groups in total. The van der Waals surface area contributed by atoms with Gasteiger partial charge in [-0.1, -0.05) is 42.5 Å². The quantitative estimate of drug-likeness (QED) is 0.748. The molecule has 0 amide bonds. The number of morpholine rings is 1. The van der Waals surface area contributed by atoms with Crippen LogP contribution in [0.3, 0.4) is 0 Å². The summed E-state index contributed by atoms with van der Waals surface area (Å²) < 4.78 is 19.7. The molecule has 27 heavy (non-hydrogen) atoms. The number of anilines is 2. The van der Waals surface area contributed by atoms with Gasteiger partial charge >= 0.3 is 0 Å². The number of hydrogen-bond donors (Lipinski definition) is 1. The van der Waals surface area contributed by atoms with Crippen LogP contribution >= 0.6 is 0 Å². The number of nitrogens with one attached hydrogen (secondary N) is 1. The number of halogens is 1. The fraction of sp³-hybridized carbons (Fsp3) is 0.238. The lowest BCUT2D eigenvalue weighted by atomic mass is 10.1. The van der Waals surface area contributed by atoms with Gasteiger partial charge in [0.15, 0.2) is 0 Å². The van der Waals surface area contributed by atoms with Crippen LogP contribution in [0.4, 0.5) is 16.2 Å². The van der Waals surface area contributed by atoms with Gasteiger partial charge in [-0.2, -0.15) is 4.98 Å². The zero-order chi connectivity index (χ0) is 18.5. The summed E-state index contributed by atoms with van der Waals surface area (Å²) in [5.41, 5.74) is 2.17. The van der Waals surface area contributed by atoms with E-state index in [0.29, 0.717) is 37.0 Å². The second-order valence-corrected chi connectivity index (χ2v) is 6.35. The Hall–Kier alpha value is -2.99. The van der Waals surface area contributed by atoms with Gasteiger partial charge in [0, 0.05) is 31.3 Å². The third kappa shape index (κ3) is 4.23. The van der Waals surface area contributed by atoms with Crippen molar-refractivity contribution in [2.24, 2.45) is 0 Å². The van der Waals surface area contributed by atoms with Crippen molar-refractivity contribution < 1.29 is 9.13 Å². The lowest BCUT2D eigenvalue weighted by Crippen LogP contribution is -2.37. The Bertz CT molecular complexity index is 898. The van der Waals surface area contributed by atoms with E-state index in [1.807, 2.05) is 42.5 Å². The molecule has 2 aromatic carbocycles. The molecule has 5 nitrogen and oxygen atoms in total. The molecule has 6 heteroatoms. The molecule has 0 radical (unpaired) electrons. The standard InChI is InChI=1S/C21H21FN4O/c22-18-9-5-4-8-17(18)19-14-20(26-10-12-27-13-11-26)25-21(24-19)23-15-16-6-2-1-3-7-16/h1-9,14H,10-13,15H2,(H,23,24,25). The fourth-order valence-electron chi connectivity index (χ4n) is 3.05. The van der Waals surface area contributed by atoms with E-state index in [4.69, 9.17) is 4.74 Å². The van der Waals surface area contributed by atoms with Gasteiger partial charge in [-0.05, 0) is 17.7 Å². The Labute approximate surface area is 157 Å². The molecule has 1 fully saturated rings. The van der Waals surface area contributed by atoms with E-state index in [1.54, 1.807) is 12.1 Å². The number of benzene rings is 2. The zero-order valence-corrected chi connectivity index (χ0v) is 14.9. The zero-order valence-electron chi connectivity index (χ0n) is 14.9. The van der Waals surface area contributed by atoms with E-state index in [1.165, 1.54) is 6.07 Å². The maximum absolute atomic E-state index is 14.3. The molecule has 0 unspecified atom stereocenters. The predicted molar refractivity (Wildman–Crippen MR) is 104 cm³/mol. The van der Waals surface area contributed by atoms with Crippen molar-refractivity contribution in [3.8, 4) is 11.3 Å². The van der Waals surface area contributed by atoms with Crippen molar-refractivity contribution in [3.05, 3.63) is 72.0 Å². The van der Waals surface area contributed by atoms with E-state index in [2.05, 4.69) is 20.2 Å². The topological polar surface area (TPSA) is 50.3 Å². The number of rotatable bonds is 5. The van der Waals surface area contributed by atoms with Gasteiger partial charge in [-0.15, -0.1) is 0 Å². The minimum atomic E-state index is -0.293. The van der Waals surface area contributed by atoms with Gasteiger partial charge in [0.05, 0.1) is 18.9 Å². The molecular formula is C21H21FN4O. The van der Waals surface area contributed by atoms with Crippen LogP contribution in [0.5, 0.6) is 0 Å². The van der Waals surface area contributed by atoms with Gasteiger partial charge in [0.1, 0.15) is 11.6 Å². The summed E-state index contributed by atoms with van der Waals surface area (Å²) in [5.74, 6) is 0.973. The monoisotopic (exact) mass is 364 g/mol. The summed E-state index contributed by atoms with van der Waals surface area (Å²) in [6.07, 6.45) is 0. The molecule has 1 aliphatic heterocycles. The van der Waals surface area contributed by atoms with E-state index in [-0.39, 0.29) is 5.82 Å². The highest BCUT2D eigenvalue weighted by Gasteiger charge is 2.17. The van der Waals surface area contributed by atoms with Gasteiger partial charge in [0.25, 0.3) is 0 Å². The minimum absolute atomic E-state index is 0.293. The summed E-state index contributed by atoms with van der Waals surface area (Å²) in [5, 5.41) is 3.27. The summed E-state index contributed by atoms with van der Waals surface area (Å²) in [4.78, 5) is 11.3. The van der Waals surface area contributed by atoms with Crippen molar-refractivity contribution in [2.45, 2.75) is 6.54 Å². The molecule has 3 aromatic rings. The highest BCUT2D eigenvalue weighted by atomic mass is 19.1. The van der Waals surface area contributed by atoms with Crippen LogP contribution < -0.4 is 10.2 Å². The van der Waals surface area contributed by atoms with Crippen molar-refractivity contribution in [1.82, 2.24) is 9.97 Å². The number of hydrogen-bond acceptors (Lipinski definition) is 5. The number of aromatic nitrogens is 2. The Balaban J connectivity index is 1.66. The highest BCUT2D eigenvalue weighted by Crippen LogP contribution is 2.26. The summed E-state index contributed by atoms with van der Waals surface area (Å²) in [6.45, 7) is 3.43. The summed E-state index contributed by atoms with van der Waals surface area (Å²) in [6, 6.07) is 18.6. The normalized spacial score (nSPS) is 14.2. The maximum atomic E-state index is 14.3. The predicted octanol–water partition coefficient (Wildman–Crippen LogP) is 3.73. The van der Waals surface area contributed by atoms with Crippen LogP contribution in [0.2, 0.25) is 0 Å². The van der Waals surface area contributed by atoms with Gasteiger partial charge < -0.3 is 15.0 Å². The number of nitrogens with zero attached hydrogens (tertiary/aromatic N) is 3. The van der Waals surface area contributed by atoms with Crippen molar-refractivity contribution in [2.75, 3.05) is 36.5 Å². The third-order valence-electron chi connectivity index (χ3n) is 4.49. The van der Waals surface area contributed by atoms with Crippen molar-refractivity contribution in [3.63, 3.8) is 0 Å². The van der Waals surface area contributed by atoms with E-state index < -0.39 is 0 Å². The first kappa shape index (κ1) is 17.4. The SMILES string of the molecule is Fc1ccccc1-c1cc(N2CCOCC2)nc(NCc2ccccc2)n1. The van der Waals surface area contributed by atoms with Crippen LogP contribution in [-0.4, -0.2) is 36.3 Å². The van der Waals surface area contributed by atoms with Crippen LogP contribution in [0.1, 0.15) is 5.56 Å². The first-order chi connectivity index (χ1) is 13.3. The summed E-state index contributed by atoms with van der Waals surface area (Å²) in [7, 11) is 0. The molecule has 1 aromatic heterocycles. The van der Waals surface area contributed by atoms with Gasteiger partial charge in [-0.3, -0.25) is 0 Å². The molecule has 1 saturated heterocycles. The van der Waals surface area contributed by atoms with Gasteiger partial charge in [0.2, 0.25) is 5.95 Å². The van der Waals surface area contributed by atoms with Crippen molar-refractivity contribution >= 4 is 11.8 Å². The second-order valence-electron chi connectivity index (χ2n) is 6.35. The molecule has 0 bridgehead atoms. The lowest BCUT2D eigenvalue weighted by molar-refractivity contribution is 0.122. The molecule has 1 aliphatic rings. The largest absolute Gasteiger partial charge is 0.378 e. The van der Waals surface area contributed by atoms with Crippen LogP contribution in [0, 0.1) is 5.82 Å². The van der Waals surface area contributed by atoms with Crippen LogP contribution in [0.15, 0.2) is 60.7 Å². The lowest BCUT2D eigenvalue weighted by Gasteiger charge is -2.28. The van der Waals surface area contributed by atoms with E-state index in [9.17, 15) is 4.39 Å². The molecule has 0 spiro atoms. The van der Waals surface area contributed by atoms with Crippen molar-refractivity contribution in [1.29, 1.82) is 0 Å². The molecule has 4 rings (SSSR count). The van der Waals surface area contributed by atoms with E-state index >= 15 is 0 Å².